The molecule has 0 unspecified atom stereocenters. The monoisotopic (exact) mass is 251 g/mol. The first-order valence-corrected chi connectivity index (χ1v) is 6.44. The van der Waals surface area contributed by atoms with Crippen LogP contribution in [-0.2, 0) is 0 Å². The molecule has 0 aromatic carbocycles. The SMILES string of the molecule is CCCN(C)c1cc(NCC(C)(C)NC)ncn1. The molecule has 0 bridgehead atoms. The van der Waals surface area contributed by atoms with Gasteiger partial charge in [0, 0.05) is 31.7 Å². The van der Waals surface area contributed by atoms with Gasteiger partial charge in [0.2, 0.25) is 0 Å². The van der Waals surface area contributed by atoms with E-state index in [4.69, 9.17) is 0 Å². The predicted molar refractivity (Wildman–Crippen MR) is 77.2 cm³/mol. The molecule has 5 heteroatoms. The molecule has 0 amide bonds. The molecule has 0 fully saturated rings. The minimum Gasteiger partial charge on any atom is -0.368 e. The van der Waals surface area contributed by atoms with Gasteiger partial charge in [0.05, 0.1) is 0 Å². The van der Waals surface area contributed by atoms with E-state index < -0.39 is 0 Å². The van der Waals surface area contributed by atoms with Crippen molar-refractivity contribution in [3.05, 3.63) is 12.4 Å². The highest BCUT2D eigenvalue weighted by Crippen LogP contribution is 2.13. The maximum Gasteiger partial charge on any atom is 0.133 e. The Hall–Kier alpha value is -1.36. The lowest BCUT2D eigenvalue weighted by molar-refractivity contribution is 0.447. The van der Waals surface area contributed by atoms with Crippen LogP contribution in [-0.4, -0.2) is 42.7 Å². The average molecular weight is 251 g/mol. The Morgan fingerprint density at radius 2 is 2.06 bits per heavy atom. The van der Waals surface area contributed by atoms with Gasteiger partial charge in [0.1, 0.15) is 18.0 Å². The zero-order valence-electron chi connectivity index (χ0n) is 12.1. The molecule has 5 nitrogen and oxygen atoms in total. The Labute approximate surface area is 110 Å². The molecule has 0 radical (unpaired) electrons. The van der Waals surface area contributed by atoms with Crippen LogP contribution in [0.4, 0.5) is 11.6 Å². The molecule has 0 aliphatic heterocycles. The maximum atomic E-state index is 4.28. The molecule has 18 heavy (non-hydrogen) atoms. The van der Waals surface area contributed by atoms with Crippen molar-refractivity contribution in [3.8, 4) is 0 Å². The van der Waals surface area contributed by atoms with Crippen LogP contribution in [0.5, 0.6) is 0 Å². The van der Waals surface area contributed by atoms with Crippen molar-refractivity contribution in [1.82, 2.24) is 15.3 Å². The summed E-state index contributed by atoms with van der Waals surface area (Å²) < 4.78 is 0. The highest BCUT2D eigenvalue weighted by atomic mass is 15.2. The van der Waals surface area contributed by atoms with Crippen molar-refractivity contribution >= 4 is 11.6 Å². The highest BCUT2D eigenvalue weighted by molar-refractivity contribution is 5.48. The van der Waals surface area contributed by atoms with E-state index in [-0.39, 0.29) is 5.54 Å². The molecule has 0 atom stereocenters. The number of nitrogens with zero attached hydrogens (tertiary/aromatic N) is 3. The number of hydrogen-bond acceptors (Lipinski definition) is 5. The van der Waals surface area contributed by atoms with Crippen LogP contribution in [0.2, 0.25) is 0 Å². The second kappa shape index (κ2) is 6.54. The van der Waals surface area contributed by atoms with Crippen LogP contribution in [0, 0.1) is 0 Å². The Bertz CT molecular complexity index is 364. The van der Waals surface area contributed by atoms with Crippen LogP contribution >= 0.6 is 0 Å². The van der Waals surface area contributed by atoms with Gasteiger partial charge in [-0.05, 0) is 27.3 Å². The first kappa shape index (κ1) is 14.7. The van der Waals surface area contributed by atoms with Crippen molar-refractivity contribution in [2.75, 3.05) is 37.4 Å². The summed E-state index contributed by atoms with van der Waals surface area (Å²) in [6.07, 6.45) is 2.71. The third-order valence-corrected chi connectivity index (χ3v) is 2.99. The number of hydrogen-bond donors (Lipinski definition) is 2. The normalized spacial score (nSPS) is 11.4. The molecule has 0 saturated carbocycles. The van der Waals surface area contributed by atoms with Crippen molar-refractivity contribution in [1.29, 1.82) is 0 Å². The average Bonchev–Trinajstić information content (AvgIpc) is 2.37. The number of anilines is 2. The second-order valence-corrected chi connectivity index (χ2v) is 5.17. The lowest BCUT2D eigenvalue weighted by atomic mass is 10.1. The van der Waals surface area contributed by atoms with Gasteiger partial charge in [0.25, 0.3) is 0 Å². The fourth-order valence-electron chi connectivity index (χ4n) is 1.50. The van der Waals surface area contributed by atoms with E-state index in [1.165, 1.54) is 0 Å². The quantitative estimate of drug-likeness (QED) is 0.773. The lowest BCUT2D eigenvalue weighted by Crippen LogP contribution is -2.42. The Morgan fingerprint density at radius 1 is 1.33 bits per heavy atom. The van der Waals surface area contributed by atoms with E-state index in [1.54, 1.807) is 6.33 Å². The second-order valence-electron chi connectivity index (χ2n) is 5.17. The largest absolute Gasteiger partial charge is 0.368 e. The molecule has 2 N–H and O–H groups in total. The van der Waals surface area contributed by atoms with E-state index in [0.717, 1.165) is 31.1 Å². The number of aromatic nitrogens is 2. The molecule has 0 saturated heterocycles. The first-order valence-electron chi connectivity index (χ1n) is 6.44. The lowest BCUT2D eigenvalue weighted by Gasteiger charge is -2.25. The number of nitrogens with one attached hydrogen (secondary N) is 2. The third-order valence-electron chi connectivity index (χ3n) is 2.99. The maximum absolute atomic E-state index is 4.28. The van der Waals surface area contributed by atoms with Crippen LogP contribution in [0.1, 0.15) is 27.2 Å². The summed E-state index contributed by atoms with van der Waals surface area (Å²) in [6, 6.07) is 1.99. The van der Waals surface area contributed by atoms with Gasteiger partial charge in [-0.15, -0.1) is 0 Å². The number of likely N-dealkylation sites (N-methyl/N-ethyl adjacent to an activating group) is 1. The van der Waals surface area contributed by atoms with Gasteiger partial charge in [0.15, 0.2) is 0 Å². The fourth-order valence-corrected chi connectivity index (χ4v) is 1.50. The molecule has 0 aliphatic carbocycles. The van der Waals surface area contributed by atoms with Crippen LogP contribution in [0.15, 0.2) is 12.4 Å². The molecule has 102 valence electrons. The van der Waals surface area contributed by atoms with Gasteiger partial charge in [-0.1, -0.05) is 6.92 Å². The highest BCUT2D eigenvalue weighted by Gasteiger charge is 2.14. The summed E-state index contributed by atoms with van der Waals surface area (Å²) >= 11 is 0. The van der Waals surface area contributed by atoms with Crippen molar-refractivity contribution in [2.45, 2.75) is 32.7 Å². The van der Waals surface area contributed by atoms with E-state index in [1.807, 2.05) is 20.2 Å². The summed E-state index contributed by atoms with van der Waals surface area (Å²) in [5, 5.41) is 6.59. The predicted octanol–water partition coefficient (Wildman–Crippen LogP) is 1.73. The molecular weight excluding hydrogens is 226 g/mol. The molecular formula is C13H25N5. The Kier molecular flexibility index (Phi) is 5.34. The minimum atomic E-state index is 0.0421. The molecule has 1 heterocycles. The third kappa shape index (κ3) is 4.49. The fraction of sp³-hybridized carbons (Fsp3) is 0.692. The summed E-state index contributed by atoms with van der Waals surface area (Å²) in [4.78, 5) is 10.7. The topological polar surface area (TPSA) is 53.1 Å². The number of rotatable bonds is 7. The van der Waals surface area contributed by atoms with Crippen LogP contribution < -0.4 is 15.5 Å². The van der Waals surface area contributed by atoms with Gasteiger partial charge in [-0.25, -0.2) is 9.97 Å². The van der Waals surface area contributed by atoms with E-state index in [0.29, 0.717) is 0 Å². The zero-order valence-corrected chi connectivity index (χ0v) is 12.1. The summed E-state index contributed by atoms with van der Waals surface area (Å²) in [6.45, 7) is 8.26. The van der Waals surface area contributed by atoms with Gasteiger partial charge in [-0.2, -0.15) is 0 Å². The Morgan fingerprint density at radius 3 is 2.67 bits per heavy atom. The summed E-state index contributed by atoms with van der Waals surface area (Å²) in [7, 11) is 4.01. The molecule has 0 aliphatic rings. The van der Waals surface area contributed by atoms with Crippen LogP contribution in [0.3, 0.4) is 0 Å². The Balaban J connectivity index is 2.65. The smallest absolute Gasteiger partial charge is 0.133 e. The van der Waals surface area contributed by atoms with Gasteiger partial charge < -0.3 is 15.5 Å². The van der Waals surface area contributed by atoms with E-state index in [9.17, 15) is 0 Å². The van der Waals surface area contributed by atoms with Crippen LogP contribution in [0.25, 0.3) is 0 Å². The first-order chi connectivity index (χ1) is 8.48. The van der Waals surface area contributed by atoms with E-state index >= 15 is 0 Å². The standard InChI is InChI=1S/C13H25N5/c1-6-7-18(5)12-8-11(16-10-17-12)15-9-13(2,3)14-4/h8,10,14H,6-7,9H2,1-5H3,(H,15,16,17). The van der Waals surface area contributed by atoms with Gasteiger partial charge >= 0.3 is 0 Å². The molecule has 1 aromatic heterocycles. The summed E-state index contributed by atoms with van der Waals surface area (Å²) in [5.41, 5.74) is 0.0421. The van der Waals surface area contributed by atoms with E-state index in [2.05, 4.69) is 46.3 Å². The van der Waals surface area contributed by atoms with Crippen molar-refractivity contribution < 1.29 is 0 Å². The molecule has 1 aromatic rings. The molecule has 1 rings (SSSR count). The zero-order chi connectivity index (χ0) is 13.6. The molecule has 0 spiro atoms. The van der Waals surface area contributed by atoms with Crippen molar-refractivity contribution in [3.63, 3.8) is 0 Å². The summed E-state index contributed by atoms with van der Waals surface area (Å²) in [5.74, 6) is 1.82. The van der Waals surface area contributed by atoms with Gasteiger partial charge in [-0.3, -0.25) is 0 Å². The van der Waals surface area contributed by atoms with Crippen molar-refractivity contribution in [2.24, 2.45) is 0 Å². The minimum absolute atomic E-state index is 0.0421.